The summed E-state index contributed by atoms with van der Waals surface area (Å²) in [5.41, 5.74) is 3.05. The van der Waals surface area contributed by atoms with Crippen molar-refractivity contribution in [2.45, 2.75) is 52.1 Å². The van der Waals surface area contributed by atoms with Gasteiger partial charge in [-0.25, -0.2) is 0 Å². The van der Waals surface area contributed by atoms with E-state index in [0.717, 1.165) is 26.3 Å². The van der Waals surface area contributed by atoms with Gasteiger partial charge < -0.3 is 14.6 Å². The van der Waals surface area contributed by atoms with Crippen molar-refractivity contribution in [2.75, 3.05) is 19.8 Å². The zero-order chi connectivity index (χ0) is 12.8. The van der Waals surface area contributed by atoms with Gasteiger partial charge in [-0.05, 0) is 50.3 Å². The number of aryl methyl sites for hydroxylation is 1. The fourth-order valence-corrected chi connectivity index (χ4v) is 2.72. The molecule has 0 spiro atoms. The first-order valence-electron chi connectivity index (χ1n) is 7.34. The minimum atomic E-state index is 0.571. The van der Waals surface area contributed by atoms with E-state index in [1.165, 1.54) is 36.8 Å². The van der Waals surface area contributed by atoms with Crippen LogP contribution in [0.25, 0.3) is 0 Å². The Balaban J connectivity index is 1.98. The number of rotatable bonds is 7. The molecule has 1 heterocycles. The third-order valence-corrected chi connectivity index (χ3v) is 3.65. The number of hydrogen-bond acceptors (Lipinski definition) is 2. The van der Waals surface area contributed by atoms with Gasteiger partial charge in [0.2, 0.25) is 0 Å². The highest BCUT2D eigenvalue weighted by atomic mass is 16.5. The lowest BCUT2D eigenvalue weighted by atomic mass is 9.91. The van der Waals surface area contributed by atoms with Crippen molar-refractivity contribution in [3.63, 3.8) is 0 Å². The van der Waals surface area contributed by atoms with Gasteiger partial charge in [-0.1, -0.05) is 6.92 Å². The SMILES string of the molecule is CCCNC1CCCc2cn(CCOCC)cc21. The molecule has 1 unspecified atom stereocenters. The van der Waals surface area contributed by atoms with Crippen LogP contribution in [0, 0.1) is 0 Å². The lowest BCUT2D eigenvalue weighted by Crippen LogP contribution is -2.24. The molecule has 0 aromatic carbocycles. The average Bonchev–Trinajstić information content (AvgIpc) is 2.80. The van der Waals surface area contributed by atoms with E-state index in [4.69, 9.17) is 4.74 Å². The maximum atomic E-state index is 5.42. The number of fused-ring (bicyclic) bond motifs is 1. The highest BCUT2D eigenvalue weighted by Gasteiger charge is 2.21. The van der Waals surface area contributed by atoms with Crippen LogP contribution in [0.4, 0.5) is 0 Å². The number of ether oxygens (including phenoxy) is 1. The van der Waals surface area contributed by atoms with Crippen LogP contribution in [0.15, 0.2) is 12.4 Å². The standard InChI is InChI=1S/C15H26N2O/c1-3-8-16-15-7-5-6-13-11-17(12-14(13)15)9-10-18-4-2/h11-12,15-16H,3-10H2,1-2H3. The molecule has 0 bridgehead atoms. The van der Waals surface area contributed by atoms with Crippen LogP contribution in [0.2, 0.25) is 0 Å². The summed E-state index contributed by atoms with van der Waals surface area (Å²) in [7, 11) is 0. The van der Waals surface area contributed by atoms with Gasteiger partial charge in [-0.3, -0.25) is 0 Å². The Kier molecular flexibility index (Phi) is 5.26. The minimum absolute atomic E-state index is 0.571. The third-order valence-electron chi connectivity index (χ3n) is 3.65. The molecule has 1 N–H and O–H groups in total. The summed E-state index contributed by atoms with van der Waals surface area (Å²) < 4.78 is 7.72. The highest BCUT2D eigenvalue weighted by Crippen LogP contribution is 2.30. The molecule has 102 valence electrons. The number of nitrogens with one attached hydrogen (secondary N) is 1. The fraction of sp³-hybridized carbons (Fsp3) is 0.733. The molecule has 1 atom stereocenters. The second kappa shape index (κ2) is 6.95. The zero-order valence-electron chi connectivity index (χ0n) is 11.7. The van der Waals surface area contributed by atoms with Crippen LogP contribution in [-0.2, 0) is 17.7 Å². The Morgan fingerprint density at radius 1 is 1.39 bits per heavy atom. The molecule has 2 rings (SSSR count). The smallest absolute Gasteiger partial charge is 0.0645 e. The van der Waals surface area contributed by atoms with Gasteiger partial charge in [0.05, 0.1) is 6.61 Å². The molecule has 1 aliphatic rings. The molecule has 3 heteroatoms. The summed E-state index contributed by atoms with van der Waals surface area (Å²) in [4.78, 5) is 0. The van der Waals surface area contributed by atoms with Gasteiger partial charge in [0.15, 0.2) is 0 Å². The maximum Gasteiger partial charge on any atom is 0.0645 e. The van der Waals surface area contributed by atoms with Gasteiger partial charge in [0, 0.05) is 31.6 Å². The second-order valence-electron chi connectivity index (χ2n) is 5.07. The highest BCUT2D eigenvalue weighted by molar-refractivity contribution is 5.30. The summed E-state index contributed by atoms with van der Waals surface area (Å²) in [6, 6.07) is 0.571. The van der Waals surface area contributed by atoms with E-state index >= 15 is 0 Å². The second-order valence-corrected chi connectivity index (χ2v) is 5.07. The Morgan fingerprint density at radius 2 is 2.28 bits per heavy atom. The summed E-state index contributed by atoms with van der Waals surface area (Å²) in [6.07, 6.45) is 9.67. The van der Waals surface area contributed by atoms with Crippen molar-refractivity contribution in [1.29, 1.82) is 0 Å². The van der Waals surface area contributed by atoms with Crippen molar-refractivity contribution in [3.8, 4) is 0 Å². The number of nitrogens with zero attached hydrogens (tertiary/aromatic N) is 1. The Bertz CT molecular complexity index is 359. The van der Waals surface area contributed by atoms with E-state index in [1.54, 1.807) is 0 Å². The van der Waals surface area contributed by atoms with Crippen LogP contribution >= 0.6 is 0 Å². The van der Waals surface area contributed by atoms with Gasteiger partial charge in [-0.15, -0.1) is 0 Å². The molecule has 0 radical (unpaired) electrons. The van der Waals surface area contributed by atoms with E-state index in [9.17, 15) is 0 Å². The van der Waals surface area contributed by atoms with Crippen LogP contribution in [0.5, 0.6) is 0 Å². The lowest BCUT2D eigenvalue weighted by molar-refractivity contribution is 0.139. The number of aromatic nitrogens is 1. The Hall–Kier alpha value is -0.800. The average molecular weight is 250 g/mol. The largest absolute Gasteiger partial charge is 0.380 e. The van der Waals surface area contributed by atoms with Crippen LogP contribution < -0.4 is 5.32 Å². The van der Waals surface area contributed by atoms with Gasteiger partial charge in [0.1, 0.15) is 0 Å². The topological polar surface area (TPSA) is 26.2 Å². The van der Waals surface area contributed by atoms with Gasteiger partial charge in [-0.2, -0.15) is 0 Å². The van der Waals surface area contributed by atoms with Crippen LogP contribution in [-0.4, -0.2) is 24.3 Å². The van der Waals surface area contributed by atoms with Crippen molar-refractivity contribution in [2.24, 2.45) is 0 Å². The summed E-state index contributed by atoms with van der Waals surface area (Å²) in [5, 5.41) is 3.66. The summed E-state index contributed by atoms with van der Waals surface area (Å²) in [6.45, 7) is 7.99. The van der Waals surface area contributed by atoms with Crippen molar-refractivity contribution in [1.82, 2.24) is 9.88 Å². The fourth-order valence-electron chi connectivity index (χ4n) is 2.72. The Labute approximate surface area is 111 Å². The van der Waals surface area contributed by atoms with Crippen molar-refractivity contribution >= 4 is 0 Å². The molecule has 0 aliphatic heterocycles. The molecule has 1 aliphatic carbocycles. The molecular formula is C15H26N2O. The molecule has 0 saturated heterocycles. The van der Waals surface area contributed by atoms with E-state index < -0.39 is 0 Å². The zero-order valence-corrected chi connectivity index (χ0v) is 11.7. The summed E-state index contributed by atoms with van der Waals surface area (Å²) in [5.74, 6) is 0. The van der Waals surface area contributed by atoms with E-state index in [0.29, 0.717) is 6.04 Å². The van der Waals surface area contributed by atoms with Crippen LogP contribution in [0.1, 0.15) is 50.3 Å². The van der Waals surface area contributed by atoms with E-state index in [2.05, 4.69) is 29.2 Å². The lowest BCUT2D eigenvalue weighted by Gasteiger charge is -2.23. The number of hydrogen-bond donors (Lipinski definition) is 1. The first-order chi connectivity index (χ1) is 8.85. The van der Waals surface area contributed by atoms with Gasteiger partial charge in [0.25, 0.3) is 0 Å². The molecule has 0 amide bonds. The maximum absolute atomic E-state index is 5.42. The third kappa shape index (κ3) is 3.36. The molecule has 0 fully saturated rings. The minimum Gasteiger partial charge on any atom is -0.380 e. The first kappa shape index (κ1) is 13.6. The van der Waals surface area contributed by atoms with Crippen LogP contribution in [0.3, 0.4) is 0 Å². The van der Waals surface area contributed by atoms with Gasteiger partial charge >= 0.3 is 0 Å². The Morgan fingerprint density at radius 3 is 3.06 bits per heavy atom. The molecule has 0 saturated carbocycles. The molecule has 3 nitrogen and oxygen atoms in total. The summed E-state index contributed by atoms with van der Waals surface area (Å²) >= 11 is 0. The molecular weight excluding hydrogens is 224 g/mol. The molecule has 18 heavy (non-hydrogen) atoms. The quantitative estimate of drug-likeness (QED) is 0.753. The monoisotopic (exact) mass is 250 g/mol. The van der Waals surface area contributed by atoms with Crippen molar-refractivity contribution < 1.29 is 4.74 Å². The first-order valence-corrected chi connectivity index (χ1v) is 7.34. The predicted molar refractivity (Wildman–Crippen MR) is 74.9 cm³/mol. The molecule has 1 aromatic heterocycles. The molecule has 1 aromatic rings. The normalized spacial score (nSPS) is 18.9. The van der Waals surface area contributed by atoms with E-state index in [-0.39, 0.29) is 0 Å². The van der Waals surface area contributed by atoms with Crippen molar-refractivity contribution in [3.05, 3.63) is 23.5 Å². The predicted octanol–water partition coefficient (Wildman–Crippen LogP) is 2.90. The van der Waals surface area contributed by atoms with E-state index in [1.807, 2.05) is 6.92 Å².